The molecule has 0 spiro atoms. The number of ether oxygens (including phenoxy) is 3. The number of rotatable bonds is 10. The summed E-state index contributed by atoms with van der Waals surface area (Å²) in [6, 6.07) is 17.6. The van der Waals surface area contributed by atoms with Gasteiger partial charge in [0.05, 0.1) is 44.3 Å². The second-order valence-electron chi connectivity index (χ2n) is 8.45. The third-order valence-corrected chi connectivity index (χ3v) is 5.92. The lowest BCUT2D eigenvalue weighted by atomic mass is 10.2. The van der Waals surface area contributed by atoms with E-state index in [1.807, 2.05) is 54.6 Å². The molecule has 186 valence electrons. The first-order valence-corrected chi connectivity index (χ1v) is 12.1. The van der Waals surface area contributed by atoms with Gasteiger partial charge in [0.1, 0.15) is 5.82 Å². The molecule has 1 aliphatic heterocycles. The van der Waals surface area contributed by atoms with Crippen LogP contribution in [0.15, 0.2) is 67.0 Å². The minimum absolute atomic E-state index is 0.468. The Morgan fingerprint density at radius 1 is 0.944 bits per heavy atom. The standard InChI is InChI=1S/C27H30N6O3/c1-34-25-18-21(7-8-24(25)36-14-4-11-33-12-15-35-16-13-33)31-27-28-10-9-26(32-27)30-22-17-20-5-2-3-6-23(20)29-19-22/h2-3,5-10,17-19H,4,11-16H2,1H3,(H2,28,30,31,32). The van der Waals surface area contributed by atoms with Crippen molar-refractivity contribution >= 4 is 34.0 Å². The Morgan fingerprint density at radius 2 is 1.83 bits per heavy atom. The summed E-state index contributed by atoms with van der Waals surface area (Å²) in [4.78, 5) is 15.8. The molecule has 1 aliphatic rings. The number of anilines is 4. The lowest BCUT2D eigenvalue weighted by molar-refractivity contribution is 0.0357. The van der Waals surface area contributed by atoms with Gasteiger partial charge >= 0.3 is 0 Å². The Bertz CT molecular complexity index is 1300. The fourth-order valence-electron chi connectivity index (χ4n) is 4.06. The number of aromatic nitrogens is 3. The summed E-state index contributed by atoms with van der Waals surface area (Å²) in [5.41, 5.74) is 2.61. The second kappa shape index (κ2) is 11.7. The largest absolute Gasteiger partial charge is 0.493 e. The first-order chi connectivity index (χ1) is 17.8. The Hall–Kier alpha value is -3.95. The molecule has 2 N–H and O–H groups in total. The number of hydrogen-bond acceptors (Lipinski definition) is 9. The van der Waals surface area contributed by atoms with Crippen molar-refractivity contribution in [2.24, 2.45) is 0 Å². The molecule has 2 aromatic heterocycles. The van der Waals surface area contributed by atoms with Crippen molar-refractivity contribution in [3.8, 4) is 11.5 Å². The van der Waals surface area contributed by atoms with Crippen LogP contribution in [0.4, 0.5) is 23.1 Å². The first-order valence-electron chi connectivity index (χ1n) is 12.1. The van der Waals surface area contributed by atoms with Crippen molar-refractivity contribution in [2.75, 3.05) is 57.2 Å². The predicted molar refractivity (Wildman–Crippen MR) is 141 cm³/mol. The number of pyridine rings is 1. The maximum Gasteiger partial charge on any atom is 0.229 e. The molecule has 0 saturated carbocycles. The molecule has 3 heterocycles. The minimum Gasteiger partial charge on any atom is -0.493 e. The van der Waals surface area contributed by atoms with E-state index in [1.54, 1.807) is 19.5 Å². The first kappa shape index (κ1) is 23.8. The van der Waals surface area contributed by atoms with Crippen molar-refractivity contribution in [1.29, 1.82) is 0 Å². The SMILES string of the molecule is COc1cc(Nc2nccc(Nc3cnc4ccccc4c3)n2)ccc1OCCCN1CCOCC1. The van der Waals surface area contributed by atoms with E-state index >= 15 is 0 Å². The van der Waals surface area contributed by atoms with E-state index in [9.17, 15) is 0 Å². The van der Waals surface area contributed by atoms with Gasteiger partial charge in [-0.3, -0.25) is 9.88 Å². The maximum absolute atomic E-state index is 5.98. The molecule has 2 aromatic carbocycles. The van der Waals surface area contributed by atoms with Gasteiger partial charge in [0.2, 0.25) is 5.95 Å². The average molecular weight is 487 g/mol. The van der Waals surface area contributed by atoms with Gasteiger partial charge < -0.3 is 24.8 Å². The molecule has 9 nitrogen and oxygen atoms in total. The van der Waals surface area contributed by atoms with Gasteiger partial charge in [0.15, 0.2) is 11.5 Å². The van der Waals surface area contributed by atoms with E-state index in [0.29, 0.717) is 29.9 Å². The molecule has 0 unspecified atom stereocenters. The van der Waals surface area contributed by atoms with Crippen molar-refractivity contribution in [3.05, 3.63) is 67.0 Å². The molecule has 0 atom stereocenters. The van der Waals surface area contributed by atoms with E-state index < -0.39 is 0 Å². The van der Waals surface area contributed by atoms with Gasteiger partial charge in [0.25, 0.3) is 0 Å². The molecule has 1 saturated heterocycles. The summed E-state index contributed by atoms with van der Waals surface area (Å²) in [5.74, 6) is 2.50. The smallest absolute Gasteiger partial charge is 0.229 e. The number of para-hydroxylation sites is 1. The van der Waals surface area contributed by atoms with Crippen LogP contribution >= 0.6 is 0 Å². The van der Waals surface area contributed by atoms with Crippen LogP contribution in [0.3, 0.4) is 0 Å². The van der Waals surface area contributed by atoms with Crippen LogP contribution in [0.25, 0.3) is 10.9 Å². The van der Waals surface area contributed by atoms with E-state index in [4.69, 9.17) is 14.2 Å². The number of morpholine rings is 1. The van der Waals surface area contributed by atoms with E-state index in [-0.39, 0.29) is 0 Å². The molecular weight excluding hydrogens is 456 g/mol. The van der Waals surface area contributed by atoms with Gasteiger partial charge in [-0.1, -0.05) is 18.2 Å². The normalized spacial score (nSPS) is 13.9. The van der Waals surface area contributed by atoms with Crippen LogP contribution in [0.1, 0.15) is 6.42 Å². The van der Waals surface area contributed by atoms with Gasteiger partial charge in [0, 0.05) is 43.0 Å². The maximum atomic E-state index is 5.98. The van der Waals surface area contributed by atoms with Crippen molar-refractivity contribution in [1.82, 2.24) is 19.9 Å². The number of methoxy groups -OCH3 is 1. The molecule has 36 heavy (non-hydrogen) atoms. The van der Waals surface area contributed by atoms with Crippen LogP contribution in [-0.4, -0.2) is 66.4 Å². The van der Waals surface area contributed by atoms with Crippen molar-refractivity contribution in [2.45, 2.75) is 6.42 Å². The summed E-state index contributed by atoms with van der Waals surface area (Å²) < 4.78 is 16.9. The van der Waals surface area contributed by atoms with Gasteiger partial charge in [-0.15, -0.1) is 0 Å². The molecule has 5 rings (SSSR count). The zero-order valence-corrected chi connectivity index (χ0v) is 20.3. The number of fused-ring (bicyclic) bond motifs is 1. The highest BCUT2D eigenvalue weighted by Gasteiger charge is 2.11. The van der Waals surface area contributed by atoms with Crippen molar-refractivity contribution < 1.29 is 14.2 Å². The number of benzene rings is 2. The predicted octanol–water partition coefficient (Wildman–Crippen LogP) is 4.62. The molecular formula is C27H30N6O3. The monoisotopic (exact) mass is 486 g/mol. The van der Waals surface area contributed by atoms with Gasteiger partial charge in [-0.25, -0.2) is 4.98 Å². The Kier molecular flexibility index (Phi) is 7.70. The third kappa shape index (κ3) is 6.18. The molecule has 0 radical (unpaired) electrons. The van der Waals surface area contributed by atoms with Crippen molar-refractivity contribution in [3.63, 3.8) is 0 Å². The Labute approximate surface area is 210 Å². The van der Waals surface area contributed by atoms with E-state index in [2.05, 4.69) is 30.5 Å². The highest BCUT2D eigenvalue weighted by Crippen LogP contribution is 2.31. The number of nitrogens with zero attached hydrogens (tertiary/aromatic N) is 4. The lowest BCUT2D eigenvalue weighted by Crippen LogP contribution is -2.37. The Balaban J connectivity index is 1.19. The minimum atomic E-state index is 0.468. The summed E-state index contributed by atoms with van der Waals surface area (Å²) in [7, 11) is 1.64. The van der Waals surface area contributed by atoms with Crippen LogP contribution in [-0.2, 0) is 4.74 Å². The molecule has 9 heteroatoms. The summed E-state index contributed by atoms with van der Waals surface area (Å²) in [6.07, 6.45) is 4.45. The summed E-state index contributed by atoms with van der Waals surface area (Å²) in [6.45, 7) is 5.23. The quantitative estimate of drug-likeness (QED) is 0.311. The fourth-order valence-corrected chi connectivity index (χ4v) is 4.06. The highest BCUT2D eigenvalue weighted by atomic mass is 16.5. The molecule has 0 amide bonds. The van der Waals surface area contributed by atoms with Crippen LogP contribution in [0, 0.1) is 0 Å². The lowest BCUT2D eigenvalue weighted by Gasteiger charge is -2.26. The van der Waals surface area contributed by atoms with Gasteiger partial charge in [-0.05, 0) is 36.8 Å². The summed E-state index contributed by atoms with van der Waals surface area (Å²) in [5, 5.41) is 7.60. The van der Waals surface area contributed by atoms with Crippen LogP contribution in [0.2, 0.25) is 0 Å². The third-order valence-electron chi connectivity index (χ3n) is 5.92. The fraction of sp³-hybridized carbons (Fsp3) is 0.296. The zero-order chi connectivity index (χ0) is 24.6. The highest BCUT2D eigenvalue weighted by molar-refractivity contribution is 5.82. The topological polar surface area (TPSA) is 93.7 Å². The van der Waals surface area contributed by atoms with E-state index in [1.165, 1.54) is 0 Å². The molecule has 4 aromatic rings. The van der Waals surface area contributed by atoms with Crippen LogP contribution < -0.4 is 20.1 Å². The molecule has 1 fully saturated rings. The number of nitrogens with one attached hydrogen (secondary N) is 2. The molecule has 0 bridgehead atoms. The van der Waals surface area contributed by atoms with Gasteiger partial charge in [-0.2, -0.15) is 4.98 Å². The number of hydrogen-bond donors (Lipinski definition) is 2. The van der Waals surface area contributed by atoms with Crippen LogP contribution in [0.5, 0.6) is 11.5 Å². The second-order valence-corrected chi connectivity index (χ2v) is 8.45. The Morgan fingerprint density at radius 3 is 2.72 bits per heavy atom. The average Bonchev–Trinajstić information content (AvgIpc) is 2.92. The van der Waals surface area contributed by atoms with E-state index in [0.717, 1.165) is 61.5 Å². The summed E-state index contributed by atoms with van der Waals surface area (Å²) >= 11 is 0. The zero-order valence-electron chi connectivity index (χ0n) is 20.3. The molecule has 0 aliphatic carbocycles.